The largest absolute Gasteiger partial charge is 0.338 e. The monoisotopic (exact) mass is 738 g/mol. The Morgan fingerprint density at radius 3 is 2.07 bits per heavy atom. The lowest BCUT2D eigenvalue weighted by atomic mass is 9.62. The molecule has 2 nitrogen and oxygen atoms in total. The van der Waals surface area contributed by atoms with Gasteiger partial charge in [0.15, 0.2) is 0 Å². The molecule has 0 aromatic heterocycles. The van der Waals surface area contributed by atoms with Crippen LogP contribution in [0.4, 0.5) is 22.7 Å². The highest BCUT2D eigenvalue weighted by atomic mass is 15.2. The molecule has 6 unspecified atom stereocenters. The number of hydrogen-bond donors (Lipinski definition) is 0. The first-order chi connectivity index (χ1) is 28.3. The molecule has 0 bridgehead atoms. The molecule has 6 aliphatic rings. The quantitative estimate of drug-likeness (QED) is 0.153. The third-order valence-corrected chi connectivity index (χ3v) is 14.0. The van der Waals surface area contributed by atoms with Crippen LogP contribution in [0.25, 0.3) is 0 Å². The van der Waals surface area contributed by atoms with Gasteiger partial charge in [0.1, 0.15) is 0 Å². The fraction of sp³-hybridized carbons (Fsp3) is 0.236. The molecular formula is C55H50N2. The molecule has 2 heteroatoms. The third kappa shape index (κ3) is 5.52. The van der Waals surface area contributed by atoms with Crippen molar-refractivity contribution in [2.24, 2.45) is 5.92 Å². The molecule has 0 radical (unpaired) electrons. The van der Waals surface area contributed by atoms with E-state index in [4.69, 9.17) is 0 Å². The number of hydrogen-bond acceptors (Lipinski definition) is 2. The van der Waals surface area contributed by atoms with Gasteiger partial charge in [0.25, 0.3) is 0 Å². The number of anilines is 4. The summed E-state index contributed by atoms with van der Waals surface area (Å²) in [6.45, 7) is 0. The predicted octanol–water partition coefficient (Wildman–Crippen LogP) is 14.0. The second kappa shape index (κ2) is 14.3. The van der Waals surface area contributed by atoms with E-state index in [9.17, 15) is 0 Å². The van der Waals surface area contributed by atoms with Crippen LogP contribution in [0.1, 0.15) is 90.5 Å². The van der Waals surface area contributed by atoms with Crippen LogP contribution in [-0.4, -0.2) is 6.04 Å². The van der Waals surface area contributed by atoms with E-state index in [1.807, 2.05) is 0 Å². The van der Waals surface area contributed by atoms with E-state index in [0.29, 0.717) is 29.7 Å². The molecule has 0 amide bonds. The zero-order valence-corrected chi connectivity index (χ0v) is 32.6. The average molecular weight is 739 g/mol. The van der Waals surface area contributed by atoms with Crippen molar-refractivity contribution in [3.63, 3.8) is 0 Å². The van der Waals surface area contributed by atoms with E-state index >= 15 is 0 Å². The average Bonchev–Trinajstić information content (AvgIpc) is 3.76. The minimum atomic E-state index is -0.168. The Balaban J connectivity index is 1.04. The number of benzene rings is 5. The van der Waals surface area contributed by atoms with E-state index in [1.165, 1.54) is 58.0 Å². The standard InChI is InChI=1S/C55H50N2/c1-5-18-41(19-6-1)56(42-20-7-2-8-21-42)45-35-32-39(33-36-45)40-34-37-47-46-26-13-15-28-49(46)55(52(47)38-40)50-29-16-14-27-48(50)54-51(55)30-17-31-53(54)57(43-22-9-3-10-23-43)44-24-11-4-12-25-44/h1-7,9-15,17-19,22-25,27-28,30-32,34-39,42,46,48,50H,8,16,20-21,26,29,33H2. The summed E-state index contributed by atoms with van der Waals surface area (Å²) in [4.78, 5) is 5.12. The van der Waals surface area contributed by atoms with E-state index in [0.717, 1.165) is 32.1 Å². The Bertz CT molecular complexity index is 2440. The van der Waals surface area contributed by atoms with Crippen molar-refractivity contribution in [1.29, 1.82) is 0 Å². The van der Waals surface area contributed by atoms with Gasteiger partial charge in [0.2, 0.25) is 0 Å². The molecular weight excluding hydrogens is 689 g/mol. The Hall–Kier alpha value is -5.86. The number of rotatable bonds is 7. The van der Waals surface area contributed by atoms with Gasteiger partial charge in [-0.2, -0.15) is 0 Å². The second-order valence-corrected chi connectivity index (χ2v) is 16.8. The van der Waals surface area contributed by atoms with Crippen LogP contribution in [0.2, 0.25) is 0 Å². The van der Waals surface area contributed by atoms with Gasteiger partial charge in [-0.15, -0.1) is 0 Å². The summed E-state index contributed by atoms with van der Waals surface area (Å²) >= 11 is 0. The van der Waals surface area contributed by atoms with Crippen molar-refractivity contribution < 1.29 is 0 Å². The third-order valence-electron chi connectivity index (χ3n) is 14.0. The van der Waals surface area contributed by atoms with Gasteiger partial charge in [-0.05, 0) is 133 Å². The van der Waals surface area contributed by atoms with Gasteiger partial charge in [-0.1, -0.05) is 140 Å². The zero-order valence-electron chi connectivity index (χ0n) is 32.6. The van der Waals surface area contributed by atoms with Gasteiger partial charge in [0.05, 0.1) is 5.69 Å². The van der Waals surface area contributed by atoms with E-state index < -0.39 is 0 Å². The SMILES string of the molecule is C1=CCC2C(=C1)C1(c3cc(C4C=CC(N(c5ccccc5)C5CC=CCC5)=CC4)ccc32)c2cccc(N(c3ccccc3)c3ccccc3)c2C2C=CCCC21. The predicted molar refractivity (Wildman–Crippen MR) is 238 cm³/mol. The Labute approximate surface area is 338 Å². The van der Waals surface area contributed by atoms with Crippen LogP contribution in [0, 0.1) is 5.92 Å². The fourth-order valence-electron chi connectivity index (χ4n) is 11.7. The highest BCUT2D eigenvalue weighted by Gasteiger charge is 2.60. The Morgan fingerprint density at radius 2 is 1.35 bits per heavy atom. The minimum Gasteiger partial charge on any atom is -0.338 e. The summed E-state index contributed by atoms with van der Waals surface area (Å²) in [6.07, 6.45) is 32.3. The molecule has 0 heterocycles. The van der Waals surface area contributed by atoms with Crippen LogP contribution in [0.3, 0.4) is 0 Å². The molecule has 280 valence electrons. The van der Waals surface area contributed by atoms with E-state index in [2.05, 4.69) is 198 Å². The first kappa shape index (κ1) is 34.4. The Morgan fingerprint density at radius 1 is 0.596 bits per heavy atom. The van der Waals surface area contributed by atoms with E-state index in [-0.39, 0.29) is 5.41 Å². The lowest BCUT2D eigenvalue weighted by Crippen LogP contribution is -2.35. The highest BCUT2D eigenvalue weighted by molar-refractivity contribution is 5.83. The minimum absolute atomic E-state index is 0.168. The lowest BCUT2D eigenvalue weighted by Gasteiger charge is -2.40. The molecule has 0 N–H and O–H groups in total. The van der Waals surface area contributed by atoms with E-state index in [1.54, 1.807) is 16.7 Å². The van der Waals surface area contributed by atoms with Gasteiger partial charge in [0, 0.05) is 52.0 Å². The first-order valence-electron chi connectivity index (χ1n) is 21.4. The van der Waals surface area contributed by atoms with Crippen LogP contribution >= 0.6 is 0 Å². The topological polar surface area (TPSA) is 6.48 Å². The summed E-state index contributed by atoms with van der Waals surface area (Å²) in [5, 5.41) is 0. The van der Waals surface area contributed by atoms with Crippen molar-refractivity contribution in [3.05, 3.63) is 227 Å². The number of fused-ring (bicyclic) bond motifs is 10. The maximum atomic E-state index is 2.67. The molecule has 0 fully saturated rings. The number of allylic oxidation sites excluding steroid dienone is 10. The van der Waals surface area contributed by atoms with Crippen LogP contribution in [-0.2, 0) is 5.41 Å². The smallest absolute Gasteiger partial charge is 0.0502 e. The molecule has 5 aromatic rings. The second-order valence-electron chi connectivity index (χ2n) is 16.8. The fourth-order valence-corrected chi connectivity index (χ4v) is 11.7. The van der Waals surface area contributed by atoms with Crippen LogP contribution < -0.4 is 9.80 Å². The van der Waals surface area contributed by atoms with Gasteiger partial charge < -0.3 is 9.80 Å². The van der Waals surface area contributed by atoms with Gasteiger partial charge in [-0.25, -0.2) is 0 Å². The summed E-state index contributed by atoms with van der Waals surface area (Å²) in [6, 6.07) is 48.4. The highest BCUT2D eigenvalue weighted by Crippen LogP contribution is 2.69. The van der Waals surface area contributed by atoms with Crippen molar-refractivity contribution in [2.45, 2.75) is 74.2 Å². The Kier molecular flexibility index (Phi) is 8.61. The lowest BCUT2D eigenvalue weighted by molar-refractivity contribution is 0.342. The first-order valence-corrected chi connectivity index (χ1v) is 21.4. The number of para-hydroxylation sites is 3. The van der Waals surface area contributed by atoms with Crippen molar-refractivity contribution in [3.8, 4) is 0 Å². The summed E-state index contributed by atoms with van der Waals surface area (Å²) in [5.41, 5.74) is 15.4. The van der Waals surface area contributed by atoms with Gasteiger partial charge in [-0.3, -0.25) is 0 Å². The maximum Gasteiger partial charge on any atom is 0.0502 e. The molecule has 1 spiro atoms. The van der Waals surface area contributed by atoms with Crippen LogP contribution in [0.5, 0.6) is 0 Å². The zero-order chi connectivity index (χ0) is 37.8. The van der Waals surface area contributed by atoms with Crippen molar-refractivity contribution in [2.75, 3.05) is 9.80 Å². The molecule has 0 saturated heterocycles. The van der Waals surface area contributed by atoms with Crippen molar-refractivity contribution in [1.82, 2.24) is 0 Å². The molecule has 0 aliphatic heterocycles. The summed E-state index contributed by atoms with van der Waals surface area (Å²) in [7, 11) is 0. The molecule has 0 saturated carbocycles. The van der Waals surface area contributed by atoms with Crippen LogP contribution in [0.15, 0.2) is 199 Å². The molecule has 11 rings (SSSR count). The normalized spacial score (nSPS) is 26.3. The summed E-state index contributed by atoms with van der Waals surface area (Å²) < 4.78 is 0. The summed E-state index contributed by atoms with van der Waals surface area (Å²) in [5.74, 6) is 1.55. The molecule has 6 atom stereocenters. The molecule has 6 aliphatic carbocycles. The van der Waals surface area contributed by atoms with Gasteiger partial charge >= 0.3 is 0 Å². The number of nitrogens with zero attached hydrogens (tertiary/aromatic N) is 2. The maximum absolute atomic E-state index is 2.67. The molecule has 5 aromatic carbocycles. The van der Waals surface area contributed by atoms with Crippen molar-refractivity contribution >= 4 is 22.7 Å². The molecule has 57 heavy (non-hydrogen) atoms.